The minimum absolute atomic E-state index is 0.0482. The molecular weight excluding hydrogens is 278 g/mol. The van der Waals surface area contributed by atoms with Gasteiger partial charge in [0.2, 0.25) is 0 Å². The van der Waals surface area contributed by atoms with E-state index in [-0.39, 0.29) is 5.41 Å². The van der Waals surface area contributed by atoms with Crippen LogP contribution < -0.4 is 0 Å². The number of halogens is 1. The van der Waals surface area contributed by atoms with Gasteiger partial charge in [-0.25, -0.2) is 15.0 Å². The van der Waals surface area contributed by atoms with Crippen molar-refractivity contribution < 1.29 is 0 Å². The zero-order valence-electron chi connectivity index (χ0n) is 10.6. The maximum atomic E-state index is 4.67. The minimum atomic E-state index is -0.0482. The highest BCUT2D eigenvalue weighted by atomic mass is 79.9. The molecule has 0 radical (unpaired) electrons. The van der Waals surface area contributed by atoms with Gasteiger partial charge in [0.15, 0.2) is 0 Å². The van der Waals surface area contributed by atoms with E-state index < -0.39 is 0 Å². The maximum Gasteiger partial charge on any atom is 0.134 e. The number of aromatic nitrogens is 3. The van der Waals surface area contributed by atoms with Crippen LogP contribution in [0.1, 0.15) is 39.2 Å². The molecule has 0 atom stereocenters. The van der Waals surface area contributed by atoms with Crippen LogP contribution in [0.15, 0.2) is 16.9 Å². The summed E-state index contributed by atoms with van der Waals surface area (Å²) < 4.78 is 0.789. The summed E-state index contributed by atoms with van der Waals surface area (Å²) in [5.41, 5.74) is 1.94. The Kier molecular flexibility index (Phi) is 3.17. The van der Waals surface area contributed by atoms with Gasteiger partial charge in [-0.3, -0.25) is 0 Å². The smallest absolute Gasteiger partial charge is 0.134 e. The SMILES string of the molecule is CCc1nc(C(C)(C)C)nc2c(Br)nccc12. The summed E-state index contributed by atoms with van der Waals surface area (Å²) >= 11 is 3.46. The van der Waals surface area contributed by atoms with Gasteiger partial charge in [0.1, 0.15) is 15.9 Å². The average molecular weight is 294 g/mol. The molecule has 0 aromatic carbocycles. The Labute approximate surface area is 110 Å². The minimum Gasteiger partial charge on any atom is -0.247 e. The second-order valence-corrected chi connectivity index (χ2v) is 5.85. The van der Waals surface area contributed by atoms with Crippen LogP contribution in [0.25, 0.3) is 10.9 Å². The molecular formula is C13H16BrN3. The first kappa shape index (κ1) is 12.4. The van der Waals surface area contributed by atoms with Crippen molar-refractivity contribution in [3.63, 3.8) is 0 Å². The molecule has 17 heavy (non-hydrogen) atoms. The molecule has 0 amide bonds. The van der Waals surface area contributed by atoms with Gasteiger partial charge in [-0.15, -0.1) is 0 Å². The van der Waals surface area contributed by atoms with E-state index in [9.17, 15) is 0 Å². The average Bonchev–Trinajstić information content (AvgIpc) is 2.27. The Morgan fingerprint density at radius 2 is 1.94 bits per heavy atom. The Morgan fingerprint density at radius 1 is 1.24 bits per heavy atom. The zero-order valence-corrected chi connectivity index (χ0v) is 12.2. The van der Waals surface area contributed by atoms with Crippen LogP contribution in [-0.2, 0) is 11.8 Å². The normalized spacial score (nSPS) is 12.1. The molecule has 2 heterocycles. The van der Waals surface area contributed by atoms with Crippen LogP contribution in [0.3, 0.4) is 0 Å². The molecule has 0 aliphatic heterocycles. The summed E-state index contributed by atoms with van der Waals surface area (Å²) in [5, 5.41) is 1.09. The van der Waals surface area contributed by atoms with Gasteiger partial charge >= 0.3 is 0 Å². The van der Waals surface area contributed by atoms with Crippen molar-refractivity contribution in [1.29, 1.82) is 0 Å². The highest BCUT2D eigenvalue weighted by Crippen LogP contribution is 2.26. The molecule has 2 aromatic heterocycles. The van der Waals surface area contributed by atoms with Crippen LogP contribution in [-0.4, -0.2) is 15.0 Å². The molecule has 4 heteroatoms. The molecule has 0 fully saturated rings. The number of pyridine rings is 1. The molecule has 2 rings (SSSR count). The Balaban J connectivity index is 2.81. The second kappa shape index (κ2) is 4.33. The summed E-state index contributed by atoms with van der Waals surface area (Å²) in [6.45, 7) is 8.48. The van der Waals surface area contributed by atoms with Crippen molar-refractivity contribution in [3.05, 3.63) is 28.4 Å². The van der Waals surface area contributed by atoms with Gasteiger partial charge in [-0.05, 0) is 28.4 Å². The van der Waals surface area contributed by atoms with Gasteiger partial charge < -0.3 is 0 Å². The van der Waals surface area contributed by atoms with E-state index in [1.54, 1.807) is 6.20 Å². The topological polar surface area (TPSA) is 38.7 Å². The van der Waals surface area contributed by atoms with Crippen molar-refractivity contribution in [2.45, 2.75) is 39.5 Å². The first-order valence-corrected chi connectivity index (χ1v) is 6.54. The molecule has 0 saturated carbocycles. The van der Waals surface area contributed by atoms with Crippen molar-refractivity contribution in [1.82, 2.24) is 15.0 Å². The number of nitrogens with zero attached hydrogens (tertiary/aromatic N) is 3. The van der Waals surface area contributed by atoms with Crippen LogP contribution in [0.2, 0.25) is 0 Å². The van der Waals surface area contributed by atoms with E-state index in [0.717, 1.165) is 33.4 Å². The number of rotatable bonds is 1. The lowest BCUT2D eigenvalue weighted by atomic mass is 9.95. The molecule has 0 unspecified atom stereocenters. The summed E-state index contributed by atoms with van der Waals surface area (Å²) in [7, 11) is 0. The fourth-order valence-electron chi connectivity index (χ4n) is 1.69. The summed E-state index contributed by atoms with van der Waals surface area (Å²) in [5.74, 6) is 0.871. The van der Waals surface area contributed by atoms with Gasteiger partial charge in [-0.1, -0.05) is 27.7 Å². The third-order valence-electron chi connectivity index (χ3n) is 2.65. The van der Waals surface area contributed by atoms with Crippen molar-refractivity contribution in [2.24, 2.45) is 0 Å². The largest absolute Gasteiger partial charge is 0.247 e. The molecule has 3 nitrogen and oxygen atoms in total. The fraction of sp³-hybridized carbons (Fsp3) is 0.462. The number of aryl methyl sites for hydroxylation is 1. The van der Waals surface area contributed by atoms with E-state index in [2.05, 4.69) is 58.6 Å². The van der Waals surface area contributed by atoms with Crippen molar-refractivity contribution in [2.75, 3.05) is 0 Å². The molecule has 0 N–H and O–H groups in total. The molecule has 2 aromatic rings. The van der Waals surface area contributed by atoms with E-state index in [1.807, 2.05) is 6.07 Å². The Hall–Kier alpha value is -1.03. The van der Waals surface area contributed by atoms with Crippen LogP contribution >= 0.6 is 15.9 Å². The first-order valence-electron chi connectivity index (χ1n) is 5.75. The molecule has 0 aliphatic rings. The van der Waals surface area contributed by atoms with Crippen molar-refractivity contribution in [3.8, 4) is 0 Å². The van der Waals surface area contributed by atoms with E-state index in [0.29, 0.717) is 0 Å². The molecule has 90 valence electrons. The highest BCUT2D eigenvalue weighted by Gasteiger charge is 2.20. The highest BCUT2D eigenvalue weighted by molar-refractivity contribution is 9.10. The fourth-order valence-corrected chi connectivity index (χ4v) is 2.11. The maximum absolute atomic E-state index is 4.67. The molecule has 0 saturated heterocycles. The van der Waals surface area contributed by atoms with Gasteiger partial charge in [0.25, 0.3) is 0 Å². The lowest BCUT2D eigenvalue weighted by Crippen LogP contribution is -2.17. The van der Waals surface area contributed by atoms with Crippen LogP contribution in [0.4, 0.5) is 0 Å². The summed E-state index contributed by atoms with van der Waals surface area (Å²) in [4.78, 5) is 13.5. The zero-order chi connectivity index (χ0) is 12.6. The monoisotopic (exact) mass is 293 g/mol. The molecule has 0 aliphatic carbocycles. The third kappa shape index (κ3) is 2.32. The number of hydrogen-bond acceptors (Lipinski definition) is 3. The Morgan fingerprint density at radius 3 is 2.53 bits per heavy atom. The van der Waals surface area contributed by atoms with Gasteiger partial charge in [0.05, 0.1) is 5.69 Å². The van der Waals surface area contributed by atoms with Crippen LogP contribution in [0.5, 0.6) is 0 Å². The van der Waals surface area contributed by atoms with Gasteiger partial charge in [-0.2, -0.15) is 0 Å². The summed E-state index contributed by atoms with van der Waals surface area (Å²) in [6.07, 6.45) is 2.68. The number of fused-ring (bicyclic) bond motifs is 1. The lowest BCUT2D eigenvalue weighted by Gasteiger charge is -2.18. The van der Waals surface area contributed by atoms with E-state index >= 15 is 0 Å². The quantitative estimate of drug-likeness (QED) is 0.754. The predicted octanol–water partition coefficient (Wildman–Crippen LogP) is 3.65. The van der Waals surface area contributed by atoms with Crippen molar-refractivity contribution >= 4 is 26.8 Å². The van der Waals surface area contributed by atoms with E-state index in [4.69, 9.17) is 0 Å². The first-order chi connectivity index (χ1) is 7.93. The van der Waals surface area contributed by atoms with E-state index in [1.165, 1.54) is 0 Å². The molecule has 0 bridgehead atoms. The number of hydrogen-bond donors (Lipinski definition) is 0. The van der Waals surface area contributed by atoms with Crippen LogP contribution in [0, 0.1) is 0 Å². The summed E-state index contributed by atoms with van der Waals surface area (Å²) in [6, 6.07) is 1.98. The standard InChI is InChI=1S/C13H16BrN3/c1-5-9-8-6-7-15-11(14)10(8)17-12(16-9)13(2,3)4/h6-7H,5H2,1-4H3. The lowest BCUT2D eigenvalue weighted by molar-refractivity contribution is 0.545. The third-order valence-corrected chi connectivity index (χ3v) is 3.24. The molecule has 0 spiro atoms. The van der Waals surface area contributed by atoms with Gasteiger partial charge in [0, 0.05) is 17.0 Å². The second-order valence-electron chi connectivity index (χ2n) is 5.10. The predicted molar refractivity (Wildman–Crippen MR) is 73.1 cm³/mol. The Bertz CT molecular complexity index is 558.